The quantitative estimate of drug-likeness (QED) is 0.437. The van der Waals surface area contributed by atoms with Gasteiger partial charge in [0.05, 0.1) is 0 Å². The summed E-state index contributed by atoms with van der Waals surface area (Å²) in [4.78, 5) is 0. The van der Waals surface area contributed by atoms with Crippen LogP contribution in [0.2, 0.25) is 0 Å². The standard InChI is InChI=1S/C10H22OSi/c1-4-7-10(6-3,8-5-2)9-11-12/h6H,3-5,7-9H2,1-2,12H3. The Morgan fingerprint density at radius 3 is 2.08 bits per heavy atom. The van der Waals surface area contributed by atoms with E-state index in [0.717, 1.165) is 17.1 Å². The van der Waals surface area contributed by atoms with Crippen molar-refractivity contribution in [1.82, 2.24) is 0 Å². The highest BCUT2D eigenvalue weighted by Crippen LogP contribution is 2.31. The monoisotopic (exact) mass is 186 g/mol. The first-order valence-corrected chi connectivity index (χ1v) is 5.69. The van der Waals surface area contributed by atoms with Gasteiger partial charge in [0.2, 0.25) is 0 Å². The Kier molecular flexibility index (Phi) is 6.39. The third kappa shape index (κ3) is 3.54. The molecule has 0 unspecified atom stereocenters. The van der Waals surface area contributed by atoms with Crippen LogP contribution < -0.4 is 0 Å². The van der Waals surface area contributed by atoms with E-state index in [-0.39, 0.29) is 5.41 Å². The summed E-state index contributed by atoms with van der Waals surface area (Å²) in [6.07, 6.45) is 6.96. The van der Waals surface area contributed by atoms with E-state index in [9.17, 15) is 0 Å². The number of hydrogen-bond donors (Lipinski definition) is 0. The average Bonchev–Trinajstić information content (AvgIpc) is 2.06. The fraction of sp³-hybridized carbons (Fsp3) is 0.800. The number of hydrogen-bond acceptors (Lipinski definition) is 1. The van der Waals surface area contributed by atoms with E-state index >= 15 is 0 Å². The van der Waals surface area contributed by atoms with Gasteiger partial charge in [-0.05, 0) is 12.8 Å². The van der Waals surface area contributed by atoms with Crippen LogP contribution in [0.4, 0.5) is 0 Å². The highest BCUT2D eigenvalue weighted by molar-refractivity contribution is 5.97. The van der Waals surface area contributed by atoms with Crippen molar-refractivity contribution >= 4 is 10.5 Å². The molecule has 12 heavy (non-hydrogen) atoms. The van der Waals surface area contributed by atoms with E-state index in [2.05, 4.69) is 26.5 Å². The van der Waals surface area contributed by atoms with Gasteiger partial charge in [-0.25, -0.2) is 0 Å². The molecule has 0 radical (unpaired) electrons. The topological polar surface area (TPSA) is 9.23 Å². The van der Waals surface area contributed by atoms with Gasteiger partial charge in [0.25, 0.3) is 0 Å². The maximum absolute atomic E-state index is 5.37. The highest BCUT2D eigenvalue weighted by Gasteiger charge is 2.23. The van der Waals surface area contributed by atoms with Crippen molar-refractivity contribution in [2.75, 3.05) is 6.61 Å². The summed E-state index contributed by atoms with van der Waals surface area (Å²) in [5.41, 5.74) is 0.269. The molecule has 1 nitrogen and oxygen atoms in total. The SMILES string of the molecule is C=CC(CCC)(CCC)CO[SiH3]. The van der Waals surface area contributed by atoms with Gasteiger partial charge < -0.3 is 4.43 Å². The van der Waals surface area contributed by atoms with Crippen LogP contribution >= 0.6 is 0 Å². The molecule has 0 saturated carbocycles. The summed E-state index contributed by atoms with van der Waals surface area (Å²) in [7, 11) is 0.841. The fourth-order valence-corrected chi connectivity index (χ4v) is 2.39. The van der Waals surface area contributed by atoms with Crippen LogP contribution in [0.15, 0.2) is 12.7 Å². The molecule has 0 spiro atoms. The molecule has 0 aromatic heterocycles. The van der Waals surface area contributed by atoms with Crippen LogP contribution in [-0.2, 0) is 4.43 Å². The van der Waals surface area contributed by atoms with E-state index in [1.807, 2.05) is 0 Å². The summed E-state index contributed by atoms with van der Waals surface area (Å²) in [5, 5.41) is 0. The molecule has 0 aliphatic heterocycles. The molecular weight excluding hydrogens is 164 g/mol. The maximum Gasteiger partial charge on any atom is 0.146 e. The molecule has 2 heteroatoms. The van der Waals surface area contributed by atoms with E-state index in [1.165, 1.54) is 25.7 Å². The Balaban J connectivity index is 4.16. The van der Waals surface area contributed by atoms with Crippen molar-refractivity contribution < 1.29 is 4.43 Å². The van der Waals surface area contributed by atoms with Crippen molar-refractivity contribution in [2.24, 2.45) is 5.41 Å². The highest BCUT2D eigenvalue weighted by atomic mass is 28.2. The first kappa shape index (κ1) is 11.9. The molecule has 0 N–H and O–H groups in total. The average molecular weight is 186 g/mol. The van der Waals surface area contributed by atoms with Gasteiger partial charge in [-0.1, -0.05) is 32.8 Å². The van der Waals surface area contributed by atoms with Crippen molar-refractivity contribution in [1.29, 1.82) is 0 Å². The minimum absolute atomic E-state index is 0.269. The van der Waals surface area contributed by atoms with Gasteiger partial charge >= 0.3 is 0 Å². The Morgan fingerprint density at radius 2 is 1.83 bits per heavy atom. The minimum Gasteiger partial charge on any atom is -0.427 e. The Morgan fingerprint density at radius 1 is 1.33 bits per heavy atom. The molecule has 0 saturated heterocycles. The molecule has 0 rings (SSSR count). The molecule has 0 aliphatic rings. The lowest BCUT2D eigenvalue weighted by molar-refractivity contribution is 0.178. The zero-order valence-corrected chi connectivity index (χ0v) is 10.7. The lowest BCUT2D eigenvalue weighted by Crippen LogP contribution is -2.23. The molecule has 0 fully saturated rings. The summed E-state index contributed by atoms with van der Waals surface area (Å²) in [5.74, 6) is 0. The number of rotatable bonds is 7. The van der Waals surface area contributed by atoms with Crippen LogP contribution in [0.3, 0.4) is 0 Å². The van der Waals surface area contributed by atoms with Crippen LogP contribution in [-0.4, -0.2) is 17.1 Å². The van der Waals surface area contributed by atoms with Gasteiger partial charge in [0.1, 0.15) is 10.5 Å². The second kappa shape index (κ2) is 6.43. The smallest absolute Gasteiger partial charge is 0.146 e. The molecule has 0 aromatic carbocycles. The predicted molar refractivity (Wildman–Crippen MR) is 58.3 cm³/mol. The lowest BCUT2D eigenvalue weighted by Gasteiger charge is -2.29. The van der Waals surface area contributed by atoms with Gasteiger partial charge in [0.15, 0.2) is 0 Å². The van der Waals surface area contributed by atoms with Crippen LogP contribution in [0, 0.1) is 5.41 Å². The Labute approximate surface area is 79.7 Å². The van der Waals surface area contributed by atoms with Gasteiger partial charge in [-0.3, -0.25) is 0 Å². The lowest BCUT2D eigenvalue weighted by atomic mass is 9.80. The zero-order chi connectivity index (χ0) is 9.45. The second-order valence-corrected chi connectivity index (χ2v) is 4.08. The van der Waals surface area contributed by atoms with Gasteiger partial charge in [-0.2, -0.15) is 0 Å². The van der Waals surface area contributed by atoms with E-state index in [1.54, 1.807) is 0 Å². The maximum atomic E-state index is 5.37. The van der Waals surface area contributed by atoms with Crippen LogP contribution in [0.1, 0.15) is 39.5 Å². The third-order valence-corrected chi connectivity index (χ3v) is 2.65. The molecule has 0 amide bonds. The van der Waals surface area contributed by atoms with Crippen LogP contribution in [0.5, 0.6) is 0 Å². The van der Waals surface area contributed by atoms with E-state index < -0.39 is 0 Å². The largest absolute Gasteiger partial charge is 0.427 e. The first-order valence-electron chi connectivity index (χ1n) is 4.87. The molecular formula is C10H22OSi. The summed E-state index contributed by atoms with van der Waals surface area (Å²) >= 11 is 0. The van der Waals surface area contributed by atoms with Crippen molar-refractivity contribution in [3.63, 3.8) is 0 Å². The van der Waals surface area contributed by atoms with Gasteiger partial charge in [-0.15, -0.1) is 6.58 Å². The molecule has 0 aliphatic carbocycles. The molecule has 0 bridgehead atoms. The van der Waals surface area contributed by atoms with E-state index in [0.29, 0.717) is 0 Å². The Hall–Kier alpha value is -0.0831. The van der Waals surface area contributed by atoms with Crippen molar-refractivity contribution in [2.45, 2.75) is 39.5 Å². The summed E-state index contributed by atoms with van der Waals surface area (Å²) < 4.78 is 5.37. The first-order chi connectivity index (χ1) is 5.74. The third-order valence-electron chi connectivity index (χ3n) is 2.36. The second-order valence-electron chi connectivity index (χ2n) is 3.50. The summed E-state index contributed by atoms with van der Waals surface area (Å²) in [6.45, 7) is 9.25. The van der Waals surface area contributed by atoms with E-state index in [4.69, 9.17) is 4.43 Å². The molecule has 0 atom stereocenters. The Bertz CT molecular complexity index is 106. The molecule has 72 valence electrons. The van der Waals surface area contributed by atoms with Crippen molar-refractivity contribution in [3.8, 4) is 0 Å². The molecule has 0 aromatic rings. The fourth-order valence-electron chi connectivity index (χ4n) is 1.82. The minimum atomic E-state index is 0.269. The predicted octanol–water partition coefficient (Wildman–Crippen LogP) is 2.06. The zero-order valence-electron chi connectivity index (χ0n) is 8.73. The molecule has 0 heterocycles. The normalized spacial score (nSPS) is 11.8. The summed E-state index contributed by atoms with van der Waals surface area (Å²) in [6, 6.07) is 0. The van der Waals surface area contributed by atoms with Gasteiger partial charge in [0, 0.05) is 12.0 Å². The van der Waals surface area contributed by atoms with Crippen molar-refractivity contribution in [3.05, 3.63) is 12.7 Å². The van der Waals surface area contributed by atoms with Crippen LogP contribution in [0.25, 0.3) is 0 Å².